The normalized spacial score (nSPS) is 10.9. The number of thiazole rings is 1. The molecule has 8 heteroatoms. The first-order chi connectivity index (χ1) is 13.1. The molecule has 0 saturated carbocycles. The molecule has 4 aromatic rings. The second-order valence-electron chi connectivity index (χ2n) is 5.80. The van der Waals surface area contributed by atoms with Gasteiger partial charge in [0.25, 0.3) is 0 Å². The van der Waals surface area contributed by atoms with Gasteiger partial charge in [0, 0.05) is 15.4 Å². The Bertz CT molecular complexity index is 1140. The maximum absolute atomic E-state index is 12.9. The molecule has 2 heterocycles. The molecule has 0 saturated heterocycles. The first kappa shape index (κ1) is 17.7. The van der Waals surface area contributed by atoms with Gasteiger partial charge in [-0.25, -0.2) is 14.3 Å². The third kappa shape index (κ3) is 3.33. The van der Waals surface area contributed by atoms with Crippen LogP contribution < -0.4 is 10.4 Å². The van der Waals surface area contributed by atoms with Crippen molar-refractivity contribution in [3.63, 3.8) is 0 Å². The Kier molecular flexibility index (Phi) is 4.67. The Morgan fingerprint density at radius 1 is 1.07 bits per heavy atom. The highest BCUT2D eigenvalue weighted by atomic mass is 79.9. The molecule has 0 unspecified atom stereocenters. The molecule has 2 aromatic heterocycles. The average molecular weight is 443 g/mol. The van der Waals surface area contributed by atoms with Crippen LogP contribution in [0.15, 0.2) is 63.2 Å². The summed E-state index contributed by atoms with van der Waals surface area (Å²) in [6.45, 7) is 1.79. The van der Waals surface area contributed by atoms with E-state index in [9.17, 15) is 4.79 Å². The standard InChI is InChI=1S/C19H15BrN4O2S/c1-12-22-24(15-7-9-16(26-2)10-8-15)19(25)23(12)18-21-17(11-27-18)13-3-5-14(20)6-4-13/h3-11H,1-2H3. The summed E-state index contributed by atoms with van der Waals surface area (Å²) in [5.41, 5.74) is 2.24. The highest BCUT2D eigenvalue weighted by Gasteiger charge is 2.16. The van der Waals surface area contributed by atoms with Crippen LogP contribution in [-0.4, -0.2) is 26.4 Å². The van der Waals surface area contributed by atoms with E-state index in [0.29, 0.717) is 16.6 Å². The predicted octanol–water partition coefficient (Wildman–Crippen LogP) is 4.23. The monoisotopic (exact) mass is 442 g/mol. The molecule has 2 aromatic carbocycles. The molecule has 0 spiro atoms. The van der Waals surface area contributed by atoms with Crippen molar-refractivity contribution in [2.75, 3.05) is 7.11 Å². The zero-order valence-electron chi connectivity index (χ0n) is 14.6. The second kappa shape index (κ2) is 7.13. The van der Waals surface area contributed by atoms with Crippen molar-refractivity contribution in [2.24, 2.45) is 0 Å². The molecule has 0 aliphatic carbocycles. The fourth-order valence-corrected chi connectivity index (χ4v) is 3.83. The summed E-state index contributed by atoms with van der Waals surface area (Å²) in [5.74, 6) is 1.30. The summed E-state index contributed by atoms with van der Waals surface area (Å²) in [6, 6.07) is 15.1. The van der Waals surface area contributed by atoms with Gasteiger partial charge in [0.15, 0.2) is 5.13 Å². The van der Waals surface area contributed by atoms with E-state index in [1.165, 1.54) is 20.6 Å². The van der Waals surface area contributed by atoms with Gasteiger partial charge in [-0.15, -0.1) is 16.4 Å². The van der Waals surface area contributed by atoms with Crippen molar-refractivity contribution < 1.29 is 4.74 Å². The predicted molar refractivity (Wildman–Crippen MR) is 109 cm³/mol. The SMILES string of the molecule is COc1ccc(-n2nc(C)n(-c3nc(-c4ccc(Br)cc4)cs3)c2=O)cc1. The molecule has 0 atom stereocenters. The van der Waals surface area contributed by atoms with Gasteiger partial charge in [0.2, 0.25) is 0 Å². The van der Waals surface area contributed by atoms with E-state index in [-0.39, 0.29) is 5.69 Å². The van der Waals surface area contributed by atoms with Gasteiger partial charge >= 0.3 is 5.69 Å². The molecule has 0 N–H and O–H groups in total. The first-order valence-electron chi connectivity index (χ1n) is 8.12. The Labute approximate surface area is 167 Å². The largest absolute Gasteiger partial charge is 0.497 e. The Morgan fingerprint density at radius 3 is 2.44 bits per heavy atom. The number of ether oxygens (including phenoxy) is 1. The van der Waals surface area contributed by atoms with Crippen LogP contribution in [-0.2, 0) is 0 Å². The third-order valence-corrected chi connectivity index (χ3v) is 5.44. The minimum absolute atomic E-state index is 0.255. The van der Waals surface area contributed by atoms with Crippen LogP contribution in [0, 0.1) is 6.92 Å². The fourth-order valence-electron chi connectivity index (χ4n) is 2.70. The van der Waals surface area contributed by atoms with Crippen molar-refractivity contribution in [1.29, 1.82) is 0 Å². The van der Waals surface area contributed by atoms with Crippen molar-refractivity contribution in [2.45, 2.75) is 6.92 Å². The van der Waals surface area contributed by atoms with Crippen LogP contribution in [0.25, 0.3) is 22.1 Å². The number of hydrogen-bond donors (Lipinski definition) is 0. The topological polar surface area (TPSA) is 61.9 Å². The highest BCUT2D eigenvalue weighted by Crippen LogP contribution is 2.25. The number of benzene rings is 2. The molecule has 0 amide bonds. The van der Waals surface area contributed by atoms with E-state index in [1.807, 2.05) is 29.6 Å². The molecule has 0 radical (unpaired) electrons. The van der Waals surface area contributed by atoms with Gasteiger partial charge in [-0.05, 0) is 43.3 Å². The number of rotatable bonds is 4. The Balaban J connectivity index is 1.73. The van der Waals surface area contributed by atoms with E-state index in [2.05, 4.69) is 26.0 Å². The van der Waals surface area contributed by atoms with Crippen LogP contribution in [0.3, 0.4) is 0 Å². The summed E-state index contributed by atoms with van der Waals surface area (Å²) < 4.78 is 9.07. The molecule has 0 fully saturated rings. The maximum Gasteiger partial charge on any atom is 0.357 e. The molecule has 6 nitrogen and oxygen atoms in total. The second-order valence-corrected chi connectivity index (χ2v) is 7.55. The molecular formula is C19H15BrN4O2S. The van der Waals surface area contributed by atoms with E-state index in [1.54, 1.807) is 38.3 Å². The van der Waals surface area contributed by atoms with Crippen LogP contribution >= 0.6 is 27.3 Å². The number of aromatic nitrogens is 4. The minimum atomic E-state index is -0.255. The lowest BCUT2D eigenvalue weighted by atomic mass is 10.2. The maximum atomic E-state index is 12.9. The number of aryl methyl sites for hydroxylation is 1. The summed E-state index contributed by atoms with van der Waals surface area (Å²) in [7, 11) is 1.60. The van der Waals surface area contributed by atoms with Gasteiger partial charge in [-0.1, -0.05) is 28.1 Å². The molecule has 0 aliphatic heterocycles. The Hall–Kier alpha value is -2.71. The number of methoxy groups -OCH3 is 1. The van der Waals surface area contributed by atoms with Gasteiger partial charge in [0.1, 0.15) is 11.6 Å². The first-order valence-corrected chi connectivity index (χ1v) is 9.79. The lowest BCUT2D eigenvalue weighted by Gasteiger charge is -2.01. The van der Waals surface area contributed by atoms with Crippen LogP contribution in [0.1, 0.15) is 5.82 Å². The quantitative estimate of drug-likeness (QED) is 0.474. The van der Waals surface area contributed by atoms with Crippen molar-refractivity contribution in [3.05, 3.63) is 74.7 Å². The lowest BCUT2D eigenvalue weighted by Crippen LogP contribution is -2.22. The highest BCUT2D eigenvalue weighted by molar-refractivity contribution is 9.10. The fraction of sp³-hybridized carbons (Fsp3) is 0.105. The van der Waals surface area contributed by atoms with E-state index in [4.69, 9.17) is 4.74 Å². The van der Waals surface area contributed by atoms with Crippen molar-refractivity contribution in [3.8, 4) is 27.8 Å². The van der Waals surface area contributed by atoms with E-state index in [0.717, 1.165) is 21.5 Å². The average Bonchev–Trinajstić information content (AvgIpc) is 3.27. The van der Waals surface area contributed by atoms with Gasteiger partial charge in [0.05, 0.1) is 18.5 Å². The molecule has 4 rings (SSSR count). The number of halogens is 1. The molecule has 0 aliphatic rings. The van der Waals surface area contributed by atoms with Gasteiger partial charge < -0.3 is 4.74 Å². The van der Waals surface area contributed by atoms with Crippen molar-refractivity contribution >= 4 is 27.3 Å². The summed E-state index contributed by atoms with van der Waals surface area (Å²) in [5, 5.41) is 6.93. The summed E-state index contributed by atoms with van der Waals surface area (Å²) >= 11 is 4.84. The lowest BCUT2D eigenvalue weighted by molar-refractivity contribution is 0.414. The van der Waals surface area contributed by atoms with Crippen LogP contribution in [0.2, 0.25) is 0 Å². The van der Waals surface area contributed by atoms with Gasteiger partial charge in [-0.3, -0.25) is 0 Å². The number of hydrogen-bond acceptors (Lipinski definition) is 5. The summed E-state index contributed by atoms with van der Waals surface area (Å²) in [6.07, 6.45) is 0. The van der Waals surface area contributed by atoms with Crippen LogP contribution in [0.5, 0.6) is 5.75 Å². The van der Waals surface area contributed by atoms with E-state index < -0.39 is 0 Å². The third-order valence-electron chi connectivity index (χ3n) is 4.08. The van der Waals surface area contributed by atoms with Crippen molar-refractivity contribution in [1.82, 2.24) is 19.3 Å². The Morgan fingerprint density at radius 2 is 1.78 bits per heavy atom. The number of nitrogens with zero attached hydrogens (tertiary/aromatic N) is 4. The smallest absolute Gasteiger partial charge is 0.357 e. The molecule has 136 valence electrons. The molecule has 27 heavy (non-hydrogen) atoms. The van der Waals surface area contributed by atoms with Gasteiger partial charge in [-0.2, -0.15) is 4.68 Å². The molecule has 0 bridgehead atoms. The van der Waals surface area contributed by atoms with E-state index >= 15 is 0 Å². The zero-order valence-corrected chi connectivity index (χ0v) is 17.0. The van der Waals surface area contributed by atoms with Crippen LogP contribution in [0.4, 0.5) is 0 Å². The molecular weight excluding hydrogens is 428 g/mol. The zero-order chi connectivity index (χ0) is 19.0. The summed E-state index contributed by atoms with van der Waals surface area (Å²) in [4.78, 5) is 17.6. The minimum Gasteiger partial charge on any atom is -0.497 e.